The van der Waals surface area contributed by atoms with Crippen molar-refractivity contribution < 1.29 is 9.53 Å². The van der Waals surface area contributed by atoms with Gasteiger partial charge in [0.1, 0.15) is 0 Å². The van der Waals surface area contributed by atoms with Crippen LogP contribution in [0.15, 0.2) is 24.3 Å². The Morgan fingerprint density at radius 3 is 2.65 bits per heavy atom. The lowest BCUT2D eigenvalue weighted by atomic mass is 9.98. The fraction of sp³-hybridized carbons (Fsp3) is 0.611. The Morgan fingerprint density at radius 2 is 1.96 bits per heavy atom. The molecule has 2 aliphatic rings. The lowest BCUT2D eigenvalue weighted by Gasteiger charge is -2.29. The summed E-state index contributed by atoms with van der Waals surface area (Å²) in [6.07, 6.45) is 1.65. The molecule has 3 rings (SSSR count). The first-order chi connectivity index (χ1) is 11.3. The van der Waals surface area contributed by atoms with Crippen LogP contribution in [0.25, 0.3) is 0 Å². The van der Waals surface area contributed by atoms with Crippen molar-refractivity contribution >= 4 is 11.6 Å². The highest BCUT2D eigenvalue weighted by atomic mass is 16.5. The summed E-state index contributed by atoms with van der Waals surface area (Å²) in [6, 6.07) is 8.89. The third-order valence-corrected chi connectivity index (χ3v) is 4.80. The van der Waals surface area contributed by atoms with Crippen molar-refractivity contribution in [3.8, 4) is 0 Å². The van der Waals surface area contributed by atoms with E-state index in [2.05, 4.69) is 34.5 Å². The molecule has 5 nitrogen and oxygen atoms in total. The summed E-state index contributed by atoms with van der Waals surface area (Å²) in [5, 5.41) is 3.38. The summed E-state index contributed by atoms with van der Waals surface area (Å²) < 4.78 is 5.07. The van der Waals surface area contributed by atoms with Crippen molar-refractivity contribution in [1.29, 1.82) is 0 Å². The van der Waals surface area contributed by atoms with Crippen LogP contribution in [-0.2, 0) is 16.0 Å². The van der Waals surface area contributed by atoms with Gasteiger partial charge in [0.25, 0.3) is 0 Å². The van der Waals surface area contributed by atoms with E-state index in [1.54, 1.807) is 7.11 Å². The van der Waals surface area contributed by atoms with Gasteiger partial charge in [-0.3, -0.25) is 4.79 Å². The Hall–Kier alpha value is -1.59. The van der Waals surface area contributed by atoms with Gasteiger partial charge < -0.3 is 19.9 Å². The standard InChI is InChI=1S/C18H27N3O2/c1-23-11-10-21-14-16(13-18(21)22)12-15-2-4-17(5-3-15)20-8-6-19-7-9-20/h2-5,16,19H,6-14H2,1H3/t16-/m1/s1. The molecule has 126 valence electrons. The Bertz CT molecular complexity index is 512. The lowest BCUT2D eigenvalue weighted by Crippen LogP contribution is -2.43. The molecule has 0 aromatic heterocycles. The molecule has 0 bridgehead atoms. The molecule has 23 heavy (non-hydrogen) atoms. The first-order valence-corrected chi connectivity index (χ1v) is 8.57. The van der Waals surface area contributed by atoms with Crippen molar-refractivity contribution in [1.82, 2.24) is 10.2 Å². The SMILES string of the molecule is COCCN1C[C@H](Cc2ccc(N3CCNCC3)cc2)CC1=O. The molecule has 2 saturated heterocycles. The van der Waals surface area contributed by atoms with E-state index >= 15 is 0 Å². The number of methoxy groups -OCH3 is 1. The zero-order valence-corrected chi connectivity index (χ0v) is 14.0. The van der Waals surface area contributed by atoms with Crippen LogP contribution in [0.2, 0.25) is 0 Å². The van der Waals surface area contributed by atoms with Gasteiger partial charge >= 0.3 is 0 Å². The number of ether oxygens (including phenoxy) is 1. The Balaban J connectivity index is 1.53. The van der Waals surface area contributed by atoms with Crippen LogP contribution in [0.1, 0.15) is 12.0 Å². The van der Waals surface area contributed by atoms with Crippen molar-refractivity contribution in [2.75, 3.05) is 57.9 Å². The van der Waals surface area contributed by atoms with E-state index < -0.39 is 0 Å². The van der Waals surface area contributed by atoms with E-state index in [4.69, 9.17) is 4.74 Å². The van der Waals surface area contributed by atoms with E-state index in [0.717, 1.165) is 39.1 Å². The summed E-state index contributed by atoms with van der Waals surface area (Å²) in [4.78, 5) is 16.4. The highest BCUT2D eigenvalue weighted by molar-refractivity contribution is 5.78. The third-order valence-electron chi connectivity index (χ3n) is 4.80. The van der Waals surface area contributed by atoms with Crippen LogP contribution in [0.3, 0.4) is 0 Å². The van der Waals surface area contributed by atoms with Gasteiger partial charge in [0.15, 0.2) is 0 Å². The predicted molar refractivity (Wildman–Crippen MR) is 91.8 cm³/mol. The number of nitrogens with zero attached hydrogens (tertiary/aromatic N) is 2. The molecule has 2 aliphatic heterocycles. The molecule has 1 aromatic rings. The normalized spacial score (nSPS) is 22.0. The number of hydrogen-bond donors (Lipinski definition) is 1. The molecule has 2 heterocycles. The number of rotatable bonds is 6. The molecule has 1 aromatic carbocycles. The van der Waals surface area contributed by atoms with Gasteiger partial charge in [-0.2, -0.15) is 0 Å². The van der Waals surface area contributed by atoms with Gasteiger partial charge in [-0.1, -0.05) is 12.1 Å². The topological polar surface area (TPSA) is 44.8 Å². The van der Waals surface area contributed by atoms with Crippen LogP contribution < -0.4 is 10.2 Å². The minimum absolute atomic E-state index is 0.268. The second kappa shape index (κ2) is 7.79. The summed E-state index contributed by atoms with van der Waals surface area (Å²) in [5.41, 5.74) is 2.63. The second-order valence-corrected chi connectivity index (χ2v) is 6.51. The van der Waals surface area contributed by atoms with E-state index in [9.17, 15) is 4.79 Å². The maximum atomic E-state index is 12.0. The number of amides is 1. The Morgan fingerprint density at radius 1 is 1.22 bits per heavy atom. The van der Waals surface area contributed by atoms with Crippen molar-refractivity contribution in [2.45, 2.75) is 12.8 Å². The quantitative estimate of drug-likeness (QED) is 0.854. The summed E-state index contributed by atoms with van der Waals surface area (Å²) in [6.45, 7) is 6.47. The van der Waals surface area contributed by atoms with Crippen LogP contribution in [0.4, 0.5) is 5.69 Å². The van der Waals surface area contributed by atoms with Crippen molar-refractivity contribution in [3.63, 3.8) is 0 Å². The minimum Gasteiger partial charge on any atom is -0.383 e. The van der Waals surface area contributed by atoms with Gasteiger partial charge in [0, 0.05) is 58.5 Å². The third kappa shape index (κ3) is 4.24. The lowest BCUT2D eigenvalue weighted by molar-refractivity contribution is -0.128. The number of carbonyl (C=O) groups excluding carboxylic acids is 1. The number of nitrogens with one attached hydrogen (secondary N) is 1. The van der Waals surface area contributed by atoms with E-state index in [0.29, 0.717) is 25.5 Å². The maximum absolute atomic E-state index is 12.0. The highest BCUT2D eigenvalue weighted by Gasteiger charge is 2.29. The maximum Gasteiger partial charge on any atom is 0.223 e. The molecule has 5 heteroatoms. The molecule has 1 amide bonds. The Labute approximate surface area is 138 Å². The Kier molecular flexibility index (Phi) is 5.51. The minimum atomic E-state index is 0.268. The van der Waals surface area contributed by atoms with Gasteiger partial charge in [0.05, 0.1) is 6.61 Å². The first kappa shape index (κ1) is 16.3. The van der Waals surface area contributed by atoms with E-state index in [-0.39, 0.29) is 5.91 Å². The van der Waals surface area contributed by atoms with Gasteiger partial charge in [-0.15, -0.1) is 0 Å². The zero-order chi connectivity index (χ0) is 16.1. The van der Waals surface area contributed by atoms with Gasteiger partial charge in [-0.25, -0.2) is 0 Å². The zero-order valence-electron chi connectivity index (χ0n) is 14.0. The van der Waals surface area contributed by atoms with Gasteiger partial charge in [-0.05, 0) is 30.0 Å². The molecule has 0 spiro atoms. The van der Waals surface area contributed by atoms with Crippen LogP contribution in [-0.4, -0.2) is 63.8 Å². The van der Waals surface area contributed by atoms with Crippen molar-refractivity contribution in [2.24, 2.45) is 5.92 Å². The van der Waals surface area contributed by atoms with Crippen LogP contribution in [0, 0.1) is 5.92 Å². The average molecular weight is 317 g/mol. The predicted octanol–water partition coefficient (Wildman–Crippen LogP) is 1.13. The molecule has 0 unspecified atom stereocenters. The monoisotopic (exact) mass is 317 g/mol. The van der Waals surface area contributed by atoms with E-state index in [1.807, 2.05) is 4.90 Å². The number of piperazine rings is 1. The van der Waals surface area contributed by atoms with E-state index in [1.165, 1.54) is 11.3 Å². The number of benzene rings is 1. The molecule has 1 atom stereocenters. The van der Waals surface area contributed by atoms with Gasteiger partial charge in [0.2, 0.25) is 5.91 Å². The molecule has 1 N–H and O–H groups in total. The number of carbonyl (C=O) groups is 1. The number of anilines is 1. The molecule has 0 aliphatic carbocycles. The summed E-state index contributed by atoms with van der Waals surface area (Å²) in [5.74, 6) is 0.703. The van der Waals surface area contributed by atoms with Crippen LogP contribution in [0.5, 0.6) is 0 Å². The number of likely N-dealkylation sites (tertiary alicyclic amines) is 1. The molecular formula is C18H27N3O2. The average Bonchev–Trinajstić information content (AvgIpc) is 2.94. The fourth-order valence-corrected chi connectivity index (χ4v) is 3.51. The summed E-state index contributed by atoms with van der Waals surface area (Å²) in [7, 11) is 1.68. The first-order valence-electron chi connectivity index (χ1n) is 8.57. The number of hydrogen-bond acceptors (Lipinski definition) is 4. The second-order valence-electron chi connectivity index (χ2n) is 6.51. The van der Waals surface area contributed by atoms with Crippen LogP contribution >= 0.6 is 0 Å². The highest BCUT2D eigenvalue weighted by Crippen LogP contribution is 2.23. The molecule has 2 fully saturated rings. The molecule has 0 radical (unpaired) electrons. The smallest absolute Gasteiger partial charge is 0.223 e. The molecular weight excluding hydrogens is 290 g/mol. The fourth-order valence-electron chi connectivity index (χ4n) is 3.51. The largest absolute Gasteiger partial charge is 0.383 e. The molecule has 0 saturated carbocycles. The van der Waals surface area contributed by atoms with Crippen molar-refractivity contribution in [3.05, 3.63) is 29.8 Å². The summed E-state index contributed by atoms with van der Waals surface area (Å²) >= 11 is 0.